The van der Waals surface area contributed by atoms with E-state index in [2.05, 4.69) is 47.8 Å². The molecule has 88 valence electrons. The summed E-state index contributed by atoms with van der Waals surface area (Å²) in [6, 6.07) is 14.4. The van der Waals surface area contributed by atoms with Crippen molar-refractivity contribution >= 4 is 47.8 Å². The van der Waals surface area contributed by atoms with Gasteiger partial charge < -0.3 is 0 Å². The van der Waals surface area contributed by atoms with E-state index in [1.807, 2.05) is 30.3 Å². The van der Waals surface area contributed by atoms with Crippen molar-refractivity contribution in [1.29, 1.82) is 0 Å². The highest BCUT2D eigenvalue weighted by atomic mass is 80.0. The number of hydrogen-bond acceptors (Lipinski definition) is 0. The Morgan fingerprint density at radius 3 is 2.00 bits per heavy atom. The van der Waals surface area contributed by atoms with Crippen LogP contribution in [0, 0.1) is 5.82 Å². The highest BCUT2D eigenvalue weighted by Crippen LogP contribution is 2.44. The van der Waals surface area contributed by atoms with Gasteiger partial charge in [0.15, 0.2) is 2.14 Å². The van der Waals surface area contributed by atoms with Gasteiger partial charge in [-0.05, 0) is 28.8 Å². The molecule has 0 N–H and O–H groups in total. The molecule has 0 aliphatic rings. The highest BCUT2D eigenvalue weighted by Gasteiger charge is 2.20. The van der Waals surface area contributed by atoms with Gasteiger partial charge in [0.05, 0.1) is 0 Å². The van der Waals surface area contributed by atoms with Gasteiger partial charge in [-0.3, -0.25) is 0 Å². The first-order valence-corrected chi connectivity index (χ1v) is 7.28. The van der Waals surface area contributed by atoms with E-state index >= 15 is 0 Å². The molecular weight excluding hydrogens is 415 g/mol. The summed E-state index contributed by atoms with van der Waals surface area (Å²) in [5.41, 5.74) is 2.91. The summed E-state index contributed by atoms with van der Waals surface area (Å²) < 4.78 is 12.7. The number of alkyl halides is 3. The first kappa shape index (κ1) is 13.2. The van der Waals surface area contributed by atoms with Gasteiger partial charge in [-0.1, -0.05) is 84.2 Å². The molecule has 0 bridgehead atoms. The van der Waals surface area contributed by atoms with Crippen LogP contribution in [0.25, 0.3) is 11.1 Å². The molecule has 0 aromatic heterocycles. The molecule has 2 aromatic carbocycles. The van der Waals surface area contributed by atoms with Crippen LogP contribution in [0.1, 0.15) is 5.56 Å². The van der Waals surface area contributed by atoms with Gasteiger partial charge in [-0.25, -0.2) is 4.39 Å². The fraction of sp³-hybridized carbons (Fsp3) is 0.0769. The Bertz CT molecular complexity index is 515. The topological polar surface area (TPSA) is 0 Å². The van der Waals surface area contributed by atoms with Crippen LogP contribution < -0.4 is 0 Å². The number of hydrogen-bond donors (Lipinski definition) is 0. The zero-order chi connectivity index (χ0) is 12.5. The Morgan fingerprint density at radius 2 is 1.47 bits per heavy atom. The zero-order valence-corrected chi connectivity index (χ0v) is 13.4. The van der Waals surface area contributed by atoms with Gasteiger partial charge in [0, 0.05) is 0 Å². The molecule has 4 heteroatoms. The maximum Gasteiger partial charge on any atom is 0.159 e. The monoisotopic (exact) mass is 420 g/mol. The van der Waals surface area contributed by atoms with Crippen LogP contribution in [0.15, 0.2) is 48.5 Å². The molecule has 2 rings (SSSR count). The van der Waals surface area contributed by atoms with Gasteiger partial charge in [0.1, 0.15) is 5.82 Å². The quantitative estimate of drug-likeness (QED) is 0.510. The summed E-state index contributed by atoms with van der Waals surface area (Å²) in [5.74, 6) is -0.220. The predicted molar refractivity (Wildman–Crippen MR) is 80.3 cm³/mol. The minimum Gasteiger partial charge on any atom is -0.207 e. The highest BCUT2D eigenvalue weighted by molar-refractivity contribution is 9.38. The van der Waals surface area contributed by atoms with Gasteiger partial charge in [-0.2, -0.15) is 0 Å². The van der Waals surface area contributed by atoms with Crippen molar-refractivity contribution in [1.82, 2.24) is 0 Å². The molecule has 0 heterocycles. The van der Waals surface area contributed by atoms with E-state index in [0.717, 1.165) is 16.7 Å². The van der Waals surface area contributed by atoms with E-state index in [4.69, 9.17) is 0 Å². The maximum absolute atomic E-state index is 13.1. The van der Waals surface area contributed by atoms with E-state index < -0.39 is 2.14 Å². The number of rotatable bonds is 1. The van der Waals surface area contributed by atoms with E-state index in [-0.39, 0.29) is 5.82 Å². The van der Waals surface area contributed by atoms with Crippen molar-refractivity contribution in [2.24, 2.45) is 0 Å². The molecule has 0 amide bonds. The van der Waals surface area contributed by atoms with Gasteiger partial charge >= 0.3 is 0 Å². The second-order valence-corrected chi connectivity index (χ2v) is 10.3. The van der Waals surface area contributed by atoms with Gasteiger partial charge in [0.25, 0.3) is 0 Å². The lowest BCUT2D eigenvalue weighted by atomic mass is 10.0. The first-order valence-electron chi connectivity index (χ1n) is 4.90. The normalized spacial score (nSPS) is 11.5. The van der Waals surface area contributed by atoms with Crippen LogP contribution in [0.5, 0.6) is 0 Å². The van der Waals surface area contributed by atoms with Crippen molar-refractivity contribution in [3.05, 3.63) is 59.9 Å². The van der Waals surface area contributed by atoms with Crippen LogP contribution >= 0.6 is 47.8 Å². The van der Waals surface area contributed by atoms with E-state index in [1.165, 1.54) is 12.1 Å². The van der Waals surface area contributed by atoms with Crippen LogP contribution in [-0.4, -0.2) is 0 Å². The average Bonchev–Trinajstić information content (AvgIpc) is 2.28. The summed E-state index contributed by atoms with van der Waals surface area (Å²) in [4.78, 5) is 0. The molecule has 0 spiro atoms. The maximum atomic E-state index is 13.1. The van der Waals surface area contributed by atoms with E-state index in [1.54, 1.807) is 6.07 Å². The largest absolute Gasteiger partial charge is 0.207 e. The standard InChI is InChI=1S/C13H8Br3F/c14-13(15,16)11-6-4-9(5-7-11)10-2-1-3-12(17)8-10/h1-8H. The Hall–Kier alpha value is -0.190. The number of halogens is 4. The lowest BCUT2D eigenvalue weighted by Crippen LogP contribution is -1.96. The van der Waals surface area contributed by atoms with Gasteiger partial charge in [-0.15, -0.1) is 0 Å². The van der Waals surface area contributed by atoms with E-state index in [0.29, 0.717) is 0 Å². The Balaban J connectivity index is 2.36. The minimum absolute atomic E-state index is 0.220. The van der Waals surface area contributed by atoms with E-state index in [9.17, 15) is 4.39 Å². The van der Waals surface area contributed by atoms with Crippen LogP contribution in [0.4, 0.5) is 4.39 Å². The molecule has 2 aromatic rings. The lowest BCUT2D eigenvalue weighted by Gasteiger charge is -2.13. The smallest absolute Gasteiger partial charge is 0.159 e. The molecule has 0 radical (unpaired) electrons. The molecule has 0 atom stereocenters. The van der Waals surface area contributed by atoms with Crippen molar-refractivity contribution in [3.63, 3.8) is 0 Å². The zero-order valence-electron chi connectivity index (χ0n) is 8.63. The third-order valence-electron chi connectivity index (χ3n) is 2.37. The summed E-state index contributed by atoms with van der Waals surface area (Å²) >= 11 is 10.4. The van der Waals surface area contributed by atoms with Crippen LogP contribution in [0.2, 0.25) is 0 Å². The molecule has 0 fully saturated rings. The molecule has 0 aliphatic heterocycles. The third kappa shape index (κ3) is 3.39. The molecule has 0 nitrogen and oxygen atoms in total. The number of benzene rings is 2. The SMILES string of the molecule is Fc1cccc(-c2ccc(C(Br)(Br)Br)cc2)c1. The minimum atomic E-state index is -0.409. The molecular formula is C13H8Br3F. The first-order chi connectivity index (χ1) is 7.97. The fourth-order valence-corrected chi connectivity index (χ4v) is 2.31. The Kier molecular flexibility index (Phi) is 4.06. The van der Waals surface area contributed by atoms with Crippen LogP contribution in [0.3, 0.4) is 0 Å². The van der Waals surface area contributed by atoms with Crippen molar-refractivity contribution in [2.45, 2.75) is 2.14 Å². The lowest BCUT2D eigenvalue weighted by molar-refractivity contribution is 0.628. The van der Waals surface area contributed by atoms with Gasteiger partial charge in [0.2, 0.25) is 0 Å². The molecule has 17 heavy (non-hydrogen) atoms. The van der Waals surface area contributed by atoms with Crippen molar-refractivity contribution < 1.29 is 4.39 Å². The summed E-state index contributed by atoms with van der Waals surface area (Å²) in [6.07, 6.45) is 0. The summed E-state index contributed by atoms with van der Waals surface area (Å²) in [6.45, 7) is 0. The average molecular weight is 423 g/mol. The molecule has 0 saturated carbocycles. The molecule has 0 aliphatic carbocycles. The Morgan fingerprint density at radius 1 is 0.824 bits per heavy atom. The second kappa shape index (κ2) is 5.21. The second-order valence-electron chi connectivity index (χ2n) is 3.59. The fourth-order valence-electron chi connectivity index (χ4n) is 1.52. The van der Waals surface area contributed by atoms with Crippen molar-refractivity contribution in [3.8, 4) is 11.1 Å². The van der Waals surface area contributed by atoms with Crippen molar-refractivity contribution in [2.75, 3.05) is 0 Å². The third-order valence-corrected chi connectivity index (χ3v) is 3.74. The molecule has 0 unspecified atom stereocenters. The van der Waals surface area contributed by atoms with Crippen LogP contribution in [-0.2, 0) is 2.14 Å². The predicted octanol–water partition coefficient (Wildman–Crippen LogP) is 5.79. The molecule has 0 saturated heterocycles. The Labute approximate surface area is 125 Å². The summed E-state index contributed by atoms with van der Waals surface area (Å²) in [7, 11) is 0. The summed E-state index contributed by atoms with van der Waals surface area (Å²) in [5, 5.41) is 0.